The fraction of sp³-hybridized carbons (Fsp3) is 0.308. The number of anilines is 1. The molecular weight excluding hydrogens is 216 g/mol. The molecule has 0 spiro atoms. The van der Waals surface area contributed by atoms with Gasteiger partial charge >= 0.3 is 5.13 Å². The van der Waals surface area contributed by atoms with Gasteiger partial charge in [-0.1, -0.05) is 49.4 Å². The lowest BCUT2D eigenvalue weighted by Crippen LogP contribution is -2.06. The summed E-state index contributed by atoms with van der Waals surface area (Å²) in [6.45, 7) is 4.47. The molecule has 1 atom stereocenters. The number of benzene rings is 1. The standard InChI is InChI=1S/C13H16N2S/c1-3-9(2)10-4-6-11(7-5-10)12-8-16-13(14)15-12/h4-9H,3H2,1-2H3,(H2,14,15)/p+1. The molecular formula is C13H17N2S+. The van der Waals surface area contributed by atoms with Gasteiger partial charge in [-0.05, 0) is 17.9 Å². The van der Waals surface area contributed by atoms with Gasteiger partial charge in [-0.3, -0.25) is 5.73 Å². The highest BCUT2D eigenvalue weighted by Crippen LogP contribution is 2.23. The number of H-pyrrole nitrogens is 1. The first-order valence-corrected chi connectivity index (χ1v) is 6.45. The van der Waals surface area contributed by atoms with Crippen molar-refractivity contribution < 1.29 is 4.98 Å². The van der Waals surface area contributed by atoms with E-state index in [-0.39, 0.29) is 0 Å². The van der Waals surface area contributed by atoms with Gasteiger partial charge in [0, 0.05) is 10.9 Å². The normalized spacial score (nSPS) is 12.6. The lowest BCUT2D eigenvalue weighted by atomic mass is 9.97. The number of hydrogen-bond donors (Lipinski definition) is 1. The van der Waals surface area contributed by atoms with Gasteiger partial charge < -0.3 is 0 Å². The average molecular weight is 233 g/mol. The number of nitrogens with one attached hydrogen (secondary N) is 1. The smallest absolute Gasteiger partial charge is 0.278 e. The van der Waals surface area contributed by atoms with Crippen molar-refractivity contribution in [2.45, 2.75) is 26.2 Å². The molecule has 0 aliphatic carbocycles. The summed E-state index contributed by atoms with van der Waals surface area (Å²) in [5, 5.41) is 2.80. The maximum absolute atomic E-state index is 5.68. The summed E-state index contributed by atoms with van der Waals surface area (Å²) in [6, 6.07) is 8.70. The Balaban J connectivity index is 2.25. The minimum Gasteiger partial charge on any atom is -0.278 e. The highest BCUT2D eigenvalue weighted by molar-refractivity contribution is 7.13. The summed E-state index contributed by atoms with van der Waals surface area (Å²) in [6.07, 6.45) is 1.18. The summed E-state index contributed by atoms with van der Waals surface area (Å²) in [5.74, 6) is 0.630. The van der Waals surface area contributed by atoms with Gasteiger partial charge in [0.2, 0.25) is 0 Å². The SMILES string of the molecule is CCC(C)c1ccc(-c2csc(N)[nH+]2)cc1. The molecule has 0 bridgehead atoms. The van der Waals surface area contributed by atoms with Crippen LogP contribution in [0.1, 0.15) is 31.7 Å². The second-order valence-electron chi connectivity index (χ2n) is 4.07. The van der Waals surface area contributed by atoms with Gasteiger partial charge in [-0.25, -0.2) is 4.98 Å². The molecule has 3 N–H and O–H groups in total. The molecule has 16 heavy (non-hydrogen) atoms. The van der Waals surface area contributed by atoms with Crippen LogP contribution in [-0.4, -0.2) is 0 Å². The van der Waals surface area contributed by atoms with Crippen LogP contribution in [0.3, 0.4) is 0 Å². The number of nitrogens with two attached hydrogens (primary N) is 1. The van der Waals surface area contributed by atoms with E-state index in [1.165, 1.54) is 28.9 Å². The van der Waals surface area contributed by atoms with Gasteiger partial charge in [-0.2, -0.15) is 0 Å². The summed E-state index contributed by atoms with van der Waals surface area (Å²) in [4.78, 5) is 3.15. The molecule has 1 unspecified atom stereocenters. The van der Waals surface area contributed by atoms with Crippen molar-refractivity contribution in [1.82, 2.24) is 0 Å². The highest BCUT2D eigenvalue weighted by atomic mass is 32.1. The molecule has 0 radical (unpaired) electrons. The number of rotatable bonds is 3. The van der Waals surface area contributed by atoms with Crippen molar-refractivity contribution in [3.63, 3.8) is 0 Å². The van der Waals surface area contributed by atoms with Crippen LogP contribution in [0.25, 0.3) is 11.3 Å². The zero-order chi connectivity index (χ0) is 11.5. The topological polar surface area (TPSA) is 40.2 Å². The maximum atomic E-state index is 5.68. The third-order valence-corrected chi connectivity index (χ3v) is 3.67. The van der Waals surface area contributed by atoms with Crippen molar-refractivity contribution in [1.29, 1.82) is 0 Å². The van der Waals surface area contributed by atoms with Gasteiger partial charge in [-0.15, -0.1) is 0 Å². The van der Waals surface area contributed by atoms with Crippen LogP contribution in [0.4, 0.5) is 5.13 Å². The van der Waals surface area contributed by atoms with Crippen molar-refractivity contribution in [2.75, 3.05) is 5.73 Å². The van der Waals surface area contributed by atoms with E-state index in [2.05, 4.69) is 43.1 Å². The van der Waals surface area contributed by atoms with Crippen LogP contribution in [-0.2, 0) is 0 Å². The van der Waals surface area contributed by atoms with E-state index < -0.39 is 0 Å². The predicted molar refractivity (Wildman–Crippen MR) is 69.4 cm³/mol. The lowest BCUT2D eigenvalue weighted by Gasteiger charge is -2.08. The Morgan fingerprint density at radius 2 is 2.00 bits per heavy atom. The van der Waals surface area contributed by atoms with Crippen LogP contribution < -0.4 is 10.7 Å². The molecule has 0 aliphatic rings. The Morgan fingerprint density at radius 1 is 1.31 bits per heavy atom. The molecule has 0 saturated carbocycles. The zero-order valence-corrected chi connectivity index (χ0v) is 10.5. The van der Waals surface area contributed by atoms with Crippen molar-refractivity contribution in [3.05, 3.63) is 35.2 Å². The highest BCUT2D eigenvalue weighted by Gasteiger charge is 2.07. The third-order valence-electron chi connectivity index (χ3n) is 2.96. The number of aromatic nitrogens is 1. The molecule has 0 amide bonds. The van der Waals surface area contributed by atoms with E-state index in [4.69, 9.17) is 5.73 Å². The Labute approximate surface area is 100 Å². The summed E-state index contributed by atoms with van der Waals surface area (Å²) < 4.78 is 0. The maximum Gasteiger partial charge on any atom is 0.329 e. The second kappa shape index (κ2) is 4.66. The van der Waals surface area contributed by atoms with Gasteiger partial charge in [0.05, 0.1) is 0 Å². The molecule has 0 aliphatic heterocycles. The number of nitrogen functional groups attached to an aromatic ring is 1. The minimum absolute atomic E-state index is 0.630. The van der Waals surface area contributed by atoms with Gasteiger partial charge in [0.15, 0.2) is 0 Å². The minimum atomic E-state index is 0.630. The Kier molecular flexibility index (Phi) is 3.25. The van der Waals surface area contributed by atoms with Crippen LogP contribution in [0.5, 0.6) is 0 Å². The quantitative estimate of drug-likeness (QED) is 0.868. The third kappa shape index (κ3) is 2.25. The van der Waals surface area contributed by atoms with Crippen LogP contribution >= 0.6 is 11.3 Å². The van der Waals surface area contributed by atoms with Crippen LogP contribution in [0.2, 0.25) is 0 Å². The van der Waals surface area contributed by atoms with Gasteiger partial charge in [0.25, 0.3) is 0 Å². The summed E-state index contributed by atoms with van der Waals surface area (Å²) in [7, 11) is 0. The molecule has 1 heterocycles. The number of hydrogen-bond acceptors (Lipinski definition) is 2. The molecule has 0 saturated heterocycles. The molecule has 0 fully saturated rings. The van der Waals surface area contributed by atoms with E-state index in [0.717, 1.165) is 10.8 Å². The molecule has 3 heteroatoms. The first-order chi connectivity index (χ1) is 7.70. The van der Waals surface area contributed by atoms with E-state index in [9.17, 15) is 0 Å². The van der Waals surface area contributed by atoms with Crippen molar-refractivity contribution in [3.8, 4) is 11.3 Å². The summed E-state index contributed by atoms with van der Waals surface area (Å²) >= 11 is 1.54. The largest absolute Gasteiger partial charge is 0.329 e. The molecule has 2 aromatic rings. The monoisotopic (exact) mass is 233 g/mol. The van der Waals surface area contributed by atoms with Crippen molar-refractivity contribution in [2.24, 2.45) is 0 Å². The van der Waals surface area contributed by atoms with Crippen molar-refractivity contribution >= 4 is 16.5 Å². The van der Waals surface area contributed by atoms with Crippen LogP contribution in [0, 0.1) is 0 Å². The molecule has 2 nitrogen and oxygen atoms in total. The van der Waals surface area contributed by atoms with Crippen LogP contribution in [0.15, 0.2) is 29.6 Å². The summed E-state index contributed by atoms with van der Waals surface area (Å²) in [5.41, 5.74) is 9.37. The number of thiazole rings is 1. The van der Waals surface area contributed by atoms with E-state index in [1.807, 2.05) is 5.38 Å². The molecule has 1 aromatic heterocycles. The molecule has 84 valence electrons. The second-order valence-corrected chi connectivity index (χ2v) is 4.98. The Bertz CT molecular complexity index is 459. The van der Waals surface area contributed by atoms with E-state index in [0.29, 0.717) is 5.92 Å². The first-order valence-electron chi connectivity index (χ1n) is 5.57. The average Bonchev–Trinajstić information content (AvgIpc) is 2.75. The molecule has 1 aromatic carbocycles. The molecule has 2 rings (SSSR count). The zero-order valence-electron chi connectivity index (χ0n) is 9.66. The predicted octanol–water partition coefficient (Wildman–Crippen LogP) is 3.32. The fourth-order valence-corrected chi connectivity index (χ4v) is 2.29. The van der Waals surface area contributed by atoms with E-state index >= 15 is 0 Å². The fourth-order valence-electron chi connectivity index (χ4n) is 1.68. The first kappa shape index (κ1) is 11.1. The van der Waals surface area contributed by atoms with Gasteiger partial charge in [0.1, 0.15) is 5.69 Å². The lowest BCUT2D eigenvalue weighted by molar-refractivity contribution is -0.340. The Morgan fingerprint density at radius 3 is 2.50 bits per heavy atom. The number of aromatic amines is 1. The van der Waals surface area contributed by atoms with E-state index in [1.54, 1.807) is 0 Å². The Hall–Kier alpha value is -1.35.